The molecule has 4 aliphatic heterocycles. The van der Waals surface area contributed by atoms with Gasteiger partial charge >= 0.3 is 0 Å². The number of aliphatic hydroxyl groups is 14. The molecule has 4 rings (SSSR count). The molecule has 0 unspecified atom stereocenters. The summed E-state index contributed by atoms with van der Waals surface area (Å²) in [4.78, 5) is 36.8. The first-order valence-electron chi connectivity index (χ1n) is 20.4. The zero-order valence-electron chi connectivity index (χ0n) is 35.1. The Hall–Kier alpha value is -2.47. The third-order valence-corrected chi connectivity index (χ3v) is 11.1. The van der Waals surface area contributed by atoms with Crippen molar-refractivity contribution in [1.29, 1.82) is 0 Å². The maximum Gasteiger partial charge on any atom is 0.217 e. The molecule has 0 aromatic rings. The van der Waals surface area contributed by atoms with Gasteiger partial charge in [0.1, 0.15) is 110 Å². The monoisotopic (exact) mass is 937 g/mol. The summed E-state index contributed by atoms with van der Waals surface area (Å²) in [6.07, 6.45) is -39.1. The number of nitrogens with one attached hydrogen (secondary N) is 3. The Kier molecular flexibility index (Phi) is 20.3. The zero-order chi connectivity index (χ0) is 47.9. The van der Waals surface area contributed by atoms with Crippen molar-refractivity contribution in [1.82, 2.24) is 16.0 Å². The highest BCUT2D eigenvalue weighted by Crippen LogP contribution is 2.36. The molecule has 0 saturated carbocycles. The van der Waals surface area contributed by atoms with Crippen LogP contribution in [0.5, 0.6) is 0 Å². The molecule has 0 aliphatic carbocycles. The first kappa shape index (κ1) is 54.1. The summed E-state index contributed by atoms with van der Waals surface area (Å²) in [5, 5.41) is 156. The molecule has 0 aromatic heterocycles. The topological polar surface area (TPSA) is 444 Å². The van der Waals surface area contributed by atoms with E-state index in [1.165, 1.54) is 6.92 Å². The number of carbonyl (C=O) groups excluding carboxylic acids is 3. The minimum absolute atomic E-state index is 0.741. The van der Waals surface area contributed by atoms with E-state index in [0.717, 1.165) is 20.8 Å². The largest absolute Gasteiger partial charge is 0.394 e. The average molecular weight is 938 g/mol. The number of hydrogen-bond donors (Lipinski definition) is 17. The molecule has 4 fully saturated rings. The van der Waals surface area contributed by atoms with Gasteiger partial charge in [-0.15, -0.1) is 0 Å². The number of carbonyl (C=O) groups is 3. The van der Waals surface area contributed by atoms with Crippen LogP contribution in [0, 0.1) is 0 Å². The lowest BCUT2D eigenvalue weighted by Crippen LogP contribution is -2.70. The van der Waals surface area contributed by atoms with E-state index in [0.29, 0.717) is 0 Å². The smallest absolute Gasteiger partial charge is 0.217 e. The predicted molar refractivity (Wildman–Crippen MR) is 202 cm³/mol. The molecular formula is C36H63N3O25. The van der Waals surface area contributed by atoms with Gasteiger partial charge in [0.25, 0.3) is 0 Å². The Morgan fingerprint density at radius 2 is 1.05 bits per heavy atom. The van der Waals surface area contributed by atoms with Crippen LogP contribution < -0.4 is 16.0 Å². The highest BCUT2D eigenvalue weighted by molar-refractivity contribution is 5.74. The third-order valence-electron chi connectivity index (χ3n) is 11.1. The van der Waals surface area contributed by atoms with Crippen LogP contribution in [0.3, 0.4) is 0 Å². The van der Waals surface area contributed by atoms with Gasteiger partial charge in [-0.05, 0) is 6.92 Å². The third kappa shape index (κ3) is 12.5. The fraction of sp³-hybridized carbons (Fsp3) is 0.917. The second-order valence-corrected chi connectivity index (χ2v) is 15.9. The fourth-order valence-corrected chi connectivity index (χ4v) is 7.76. The average Bonchev–Trinajstić information content (AvgIpc) is 3.25. The molecule has 24 atom stereocenters. The van der Waals surface area contributed by atoms with E-state index in [4.69, 9.17) is 37.9 Å². The molecule has 0 bridgehead atoms. The number of aliphatic hydroxyl groups excluding tert-OH is 14. The van der Waals surface area contributed by atoms with Gasteiger partial charge < -0.3 is 125 Å². The lowest BCUT2D eigenvalue weighted by Gasteiger charge is -2.51. The predicted octanol–water partition coefficient (Wildman–Crippen LogP) is -10.8. The van der Waals surface area contributed by atoms with Gasteiger partial charge in [0.15, 0.2) is 25.2 Å². The summed E-state index contributed by atoms with van der Waals surface area (Å²) in [5.41, 5.74) is 0. The zero-order valence-corrected chi connectivity index (χ0v) is 35.1. The van der Waals surface area contributed by atoms with Crippen LogP contribution in [-0.2, 0) is 52.3 Å². The van der Waals surface area contributed by atoms with E-state index in [2.05, 4.69) is 16.0 Å². The molecule has 28 heteroatoms. The summed E-state index contributed by atoms with van der Waals surface area (Å²) in [6.45, 7) is -0.519. The van der Waals surface area contributed by atoms with Gasteiger partial charge in [-0.25, -0.2) is 0 Å². The molecule has 28 nitrogen and oxygen atoms in total. The number of ether oxygens (including phenoxy) is 8. The Labute approximate surface area is 365 Å². The van der Waals surface area contributed by atoms with Gasteiger partial charge in [-0.1, -0.05) is 0 Å². The minimum Gasteiger partial charge on any atom is -0.394 e. The van der Waals surface area contributed by atoms with Crippen LogP contribution in [0.15, 0.2) is 0 Å². The van der Waals surface area contributed by atoms with Crippen molar-refractivity contribution < 1.29 is 124 Å². The summed E-state index contributed by atoms with van der Waals surface area (Å²) in [5.74, 6) is -2.35. The van der Waals surface area contributed by atoms with E-state index in [1.807, 2.05) is 0 Å². The highest BCUT2D eigenvalue weighted by Gasteiger charge is 2.57. The first-order valence-corrected chi connectivity index (χ1v) is 20.4. The van der Waals surface area contributed by atoms with Gasteiger partial charge in [0, 0.05) is 20.8 Å². The van der Waals surface area contributed by atoms with Gasteiger partial charge in [0.05, 0.1) is 45.2 Å². The molecule has 3 amide bonds. The second-order valence-electron chi connectivity index (χ2n) is 15.9. The van der Waals surface area contributed by atoms with Crippen LogP contribution in [0.2, 0.25) is 0 Å². The molecule has 0 aromatic carbocycles. The number of rotatable bonds is 19. The van der Waals surface area contributed by atoms with E-state index in [-0.39, 0.29) is 0 Å². The Morgan fingerprint density at radius 3 is 1.58 bits per heavy atom. The fourth-order valence-electron chi connectivity index (χ4n) is 7.76. The molecule has 0 radical (unpaired) electrons. The SMILES string of the molecule is CC(=O)N[C@H]1[C@H](O[C@@H]([C@@H](O)[C@H](O)CO)[C@H](CO)NC(C)=O)O[C@H](CO)[C@@H](O[C@@H]2O[C@H](CO)[C@H](O)[C@H](O[C@H]3O[C@H](CO)[C@H](O)[C@H](O)[C@H]3NC(C)=O)[C@H]2O[C@@H]2O[C@@H](C)[C@@H](O)[C@@H](O)[C@@H]2O)[C@@H]1O. The highest BCUT2D eigenvalue weighted by atomic mass is 16.8. The summed E-state index contributed by atoms with van der Waals surface area (Å²) in [6, 6.07) is -4.92. The lowest BCUT2D eigenvalue weighted by atomic mass is 9.94. The van der Waals surface area contributed by atoms with Crippen LogP contribution >= 0.6 is 0 Å². The Balaban J connectivity index is 1.78. The standard InChI is InChI=1S/C36H63N3O25/c1-10-21(49)27(55)28(56)35(57-10)64-32-31(63-33-19(38-12(3)46)25(53)23(51)16(7-42)58-33)24(52)17(8-43)59-36(32)62-30-18(9-44)60-34(20(26(30)54)39-13(4)47)61-29(22(50)15(48)6-41)14(5-40)37-11(2)45/h10,14-36,40-44,48-56H,5-9H2,1-4H3,(H,37,45)(H,38,46)(H,39,47)/t10-,14-,15+,16+,17+,18+,19+,20+,21+,22-,23-,24-,25+,26+,27+,28-,29+,30+,31-,32+,33+,34-,35-,36-/m0/s1. The van der Waals surface area contributed by atoms with Crippen molar-refractivity contribution in [3.63, 3.8) is 0 Å². The molecule has 4 heterocycles. The Bertz CT molecular complexity index is 1490. The van der Waals surface area contributed by atoms with Crippen molar-refractivity contribution in [2.24, 2.45) is 0 Å². The van der Waals surface area contributed by atoms with Crippen LogP contribution in [-0.4, -0.2) is 269 Å². The number of hydrogen-bond acceptors (Lipinski definition) is 25. The molecule has 64 heavy (non-hydrogen) atoms. The van der Waals surface area contributed by atoms with Crippen LogP contribution in [0.25, 0.3) is 0 Å². The summed E-state index contributed by atoms with van der Waals surface area (Å²) < 4.78 is 47.3. The minimum atomic E-state index is -2.08. The van der Waals surface area contributed by atoms with Crippen LogP contribution in [0.4, 0.5) is 0 Å². The molecule has 4 saturated heterocycles. The van der Waals surface area contributed by atoms with Gasteiger partial charge in [-0.2, -0.15) is 0 Å². The van der Waals surface area contributed by atoms with E-state index < -0.39 is 198 Å². The van der Waals surface area contributed by atoms with Crippen molar-refractivity contribution in [2.75, 3.05) is 33.0 Å². The van der Waals surface area contributed by atoms with E-state index in [1.54, 1.807) is 0 Å². The molecule has 17 N–H and O–H groups in total. The van der Waals surface area contributed by atoms with E-state index >= 15 is 0 Å². The van der Waals surface area contributed by atoms with Crippen molar-refractivity contribution >= 4 is 17.7 Å². The van der Waals surface area contributed by atoms with Gasteiger partial charge in [-0.3, -0.25) is 14.4 Å². The second kappa shape index (κ2) is 24.0. The lowest BCUT2D eigenvalue weighted by molar-refractivity contribution is -0.399. The van der Waals surface area contributed by atoms with Gasteiger partial charge in [0.2, 0.25) is 17.7 Å². The Morgan fingerprint density at radius 1 is 0.531 bits per heavy atom. The first-order chi connectivity index (χ1) is 30.1. The normalized spacial score (nSPS) is 42.5. The quantitative estimate of drug-likeness (QED) is 0.0572. The van der Waals surface area contributed by atoms with Crippen LogP contribution in [0.1, 0.15) is 27.7 Å². The van der Waals surface area contributed by atoms with Crippen molar-refractivity contribution in [3.8, 4) is 0 Å². The summed E-state index contributed by atoms with van der Waals surface area (Å²) in [7, 11) is 0. The maximum absolute atomic E-state index is 12.5. The van der Waals surface area contributed by atoms with E-state index in [9.17, 15) is 85.9 Å². The molecular weight excluding hydrogens is 874 g/mol. The number of amides is 3. The molecule has 372 valence electrons. The molecule has 0 spiro atoms. The van der Waals surface area contributed by atoms with Crippen molar-refractivity contribution in [3.05, 3.63) is 0 Å². The maximum atomic E-state index is 12.5. The summed E-state index contributed by atoms with van der Waals surface area (Å²) >= 11 is 0. The van der Waals surface area contributed by atoms with Crippen molar-refractivity contribution in [2.45, 2.75) is 175 Å². The molecule has 4 aliphatic rings.